The highest BCUT2D eigenvalue weighted by Gasteiger charge is 2.38. The first-order chi connectivity index (χ1) is 12.4. The van der Waals surface area contributed by atoms with Crippen LogP contribution in [0.3, 0.4) is 0 Å². The molecule has 0 radical (unpaired) electrons. The predicted octanol–water partition coefficient (Wildman–Crippen LogP) is 3.70. The van der Waals surface area contributed by atoms with Crippen molar-refractivity contribution in [2.45, 2.75) is 25.6 Å². The van der Waals surface area contributed by atoms with Crippen molar-refractivity contribution in [3.63, 3.8) is 0 Å². The monoisotopic (exact) mass is 365 g/mol. The van der Waals surface area contributed by atoms with Gasteiger partial charge < -0.3 is 4.90 Å². The van der Waals surface area contributed by atoms with E-state index in [1.54, 1.807) is 18.2 Å². The van der Waals surface area contributed by atoms with Crippen LogP contribution in [-0.4, -0.2) is 26.4 Å². The summed E-state index contributed by atoms with van der Waals surface area (Å²) < 4.78 is 53.1. The van der Waals surface area contributed by atoms with Crippen LogP contribution < -0.4 is 4.90 Å². The molecule has 136 valence electrons. The normalized spacial score (nSPS) is 14.8. The Morgan fingerprint density at radius 1 is 1.04 bits per heavy atom. The van der Waals surface area contributed by atoms with Gasteiger partial charge in [-0.25, -0.2) is 4.39 Å². The SMILES string of the molecule is Fc1ccc(CN(CC2CC2)c2ccc3nnc(C(F)(F)F)n3n2)cc1. The number of alkyl halides is 3. The van der Waals surface area contributed by atoms with Gasteiger partial charge in [0.2, 0.25) is 0 Å². The summed E-state index contributed by atoms with van der Waals surface area (Å²) >= 11 is 0. The lowest BCUT2D eigenvalue weighted by Gasteiger charge is -2.24. The van der Waals surface area contributed by atoms with Crippen LogP contribution in [0.4, 0.5) is 23.4 Å². The number of hydrogen-bond donors (Lipinski definition) is 0. The number of fused-ring (bicyclic) bond motifs is 1. The molecule has 1 saturated carbocycles. The molecule has 9 heteroatoms. The molecule has 1 aromatic carbocycles. The van der Waals surface area contributed by atoms with Crippen LogP contribution in [0.1, 0.15) is 24.2 Å². The van der Waals surface area contributed by atoms with E-state index in [1.807, 2.05) is 4.90 Å². The van der Waals surface area contributed by atoms with Gasteiger partial charge in [-0.2, -0.15) is 17.7 Å². The molecular weight excluding hydrogens is 350 g/mol. The van der Waals surface area contributed by atoms with Crippen LogP contribution in [0.25, 0.3) is 5.65 Å². The molecule has 1 fully saturated rings. The van der Waals surface area contributed by atoms with Crippen molar-refractivity contribution in [2.24, 2.45) is 5.92 Å². The summed E-state index contributed by atoms with van der Waals surface area (Å²) in [4.78, 5) is 1.91. The molecule has 0 spiro atoms. The summed E-state index contributed by atoms with van der Waals surface area (Å²) in [5.41, 5.74) is 0.892. The van der Waals surface area contributed by atoms with Crippen molar-refractivity contribution in [1.29, 1.82) is 0 Å². The van der Waals surface area contributed by atoms with Crippen LogP contribution >= 0.6 is 0 Å². The standard InChI is InChI=1S/C17H15F4N5/c18-13-5-3-12(4-6-13)10-25(9-11-1-2-11)15-8-7-14-22-23-16(17(19,20)21)26(14)24-15/h3-8,11H,1-2,9-10H2. The van der Waals surface area contributed by atoms with Crippen molar-refractivity contribution in [3.05, 3.63) is 53.6 Å². The Labute approximate surface area is 146 Å². The predicted molar refractivity (Wildman–Crippen MR) is 86.0 cm³/mol. The zero-order valence-electron chi connectivity index (χ0n) is 13.6. The van der Waals surface area contributed by atoms with E-state index < -0.39 is 12.0 Å². The first kappa shape index (κ1) is 16.7. The summed E-state index contributed by atoms with van der Waals surface area (Å²) in [6.07, 6.45) is -2.46. The van der Waals surface area contributed by atoms with Gasteiger partial charge in [0, 0.05) is 13.1 Å². The third-order valence-corrected chi connectivity index (χ3v) is 4.29. The zero-order chi connectivity index (χ0) is 18.3. The number of benzene rings is 1. The van der Waals surface area contributed by atoms with Gasteiger partial charge in [-0.05, 0) is 48.6 Å². The smallest absolute Gasteiger partial charge is 0.351 e. The second-order valence-electron chi connectivity index (χ2n) is 6.43. The van der Waals surface area contributed by atoms with Crippen molar-refractivity contribution < 1.29 is 17.6 Å². The van der Waals surface area contributed by atoms with E-state index in [9.17, 15) is 17.6 Å². The Morgan fingerprint density at radius 3 is 2.42 bits per heavy atom. The Morgan fingerprint density at radius 2 is 1.77 bits per heavy atom. The van der Waals surface area contributed by atoms with E-state index in [4.69, 9.17) is 0 Å². The zero-order valence-corrected chi connectivity index (χ0v) is 13.6. The van der Waals surface area contributed by atoms with Gasteiger partial charge in [0.1, 0.15) is 11.6 Å². The van der Waals surface area contributed by atoms with Crippen molar-refractivity contribution >= 4 is 11.5 Å². The second-order valence-corrected chi connectivity index (χ2v) is 6.43. The largest absolute Gasteiger partial charge is 0.453 e. The molecule has 0 aliphatic heterocycles. The molecule has 2 aromatic heterocycles. The maximum Gasteiger partial charge on any atom is 0.453 e. The first-order valence-corrected chi connectivity index (χ1v) is 8.19. The highest BCUT2D eigenvalue weighted by Crippen LogP contribution is 2.32. The number of aromatic nitrogens is 4. The Hall–Kier alpha value is -2.71. The lowest BCUT2D eigenvalue weighted by atomic mass is 10.2. The lowest BCUT2D eigenvalue weighted by Crippen LogP contribution is -2.27. The van der Waals surface area contributed by atoms with Gasteiger partial charge in [-0.15, -0.1) is 15.3 Å². The van der Waals surface area contributed by atoms with Gasteiger partial charge in [-0.3, -0.25) is 0 Å². The summed E-state index contributed by atoms with van der Waals surface area (Å²) in [5, 5.41) is 10.8. The minimum atomic E-state index is -4.64. The van der Waals surface area contributed by atoms with E-state index >= 15 is 0 Å². The molecule has 0 N–H and O–H groups in total. The molecule has 3 aromatic rings. The lowest BCUT2D eigenvalue weighted by molar-refractivity contribution is -0.146. The van der Waals surface area contributed by atoms with Gasteiger partial charge in [-0.1, -0.05) is 12.1 Å². The summed E-state index contributed by atoms with van der Waals surface area (Å²) in [6.45, 7) is 1.11. The third-order valence-electron chi connectivity index (χ3n) is 4.29. The molecule has 0 bridgehead atoms. The van der Waals surface area contributed by atoms with Crippen LogP contribution in [-0.2, 0) is 12.7 Å². The first-order valence-electron chi connectivity index (χ1n) is 8.19. The van der Waals surface area contributed by atoms with Crippen LogP contribution in [0.15, 0.2) is 36.4 Å². The fraction of sp³-hybridized carbons (Fsp3) is 0.353. The average molecular weight is 365 g/mol. The Kier molecular flexibility index (Phi) is 4.01. The minimum Gasteiger partial charge on any atom is -0.351 e. The fourth-order valence-corrected chi connectivity index (χ4v) is 2.79. The Balaban J connectivity index is 1.69. The highest BCUT2D eigenvalue weighted by molar-refractivity contribution is 5.46. The maximum atomic E-state index is 13.1. The quantitative estimate of drug-likeness (QED) is 0.647. The molecule has 1 aliphatic rings. The van der Waals surface area contributed by atoms with Crippen LogP contribution in [0, 0.1) is 11.7 Å². The average Bonchev–Trinajstić information content (AvgIpc) is 3.30. The molecule has 0 atom stereocenters. The molecular formula is C17H15F4N5. The van der Waals surface area contributed by atoms with Crippen LogP contribution in [0.5, 0.6) is 0 Å². The van der Waals surface area contributed by atoms with E-state index in [0.29, 0.717) is 24.8 Å². The molecule has 5 nitrogen and oxygen atoms in total. The minimum absolute atomic E-state index is 0.0363. The number of rotatable bonds is 5. The molecule has 4 rings (SSSR count). The molecule has 26 heavy (non-hydrogen) atoms. The number of halogens is 4. The van der Waals surface area contributed by atoms with Crippen molar-refractivity contribution in [2.75, 3.05) is 11.4 Å². The topological polar surface area (TPSA) is 46.3 Å². The van der Waals surface area contributed by atoms with Crippen LogP contribution in [0.2, 0.25) is 0 Å². The van der Waals surface area contributed by atoms with Crippen molar-refractivity contribution in [3.8, 4) is 0 Å². The highest BCUT2D eigenvalue weighted by atomic mass is 19.4. The van der Waals surface area contributed by atoms with E-state index in [2.05, 4.69) is 15.3 Å². The molecule has 0 saturated heterocycles. The molecule has 0 unspecified atom stereocenters. The van der Waals surface area contributed by atoms with Crippen molar-refractivity contribution in [1.82, 2.24) is 19.8 Å². The van der Waals surface area contributed by atoms with Gasteiger partial charge in [0.05, 0.1) is 0 Å². The Bertz CT molecular complexity index is 915. The van der Waals surface area contributed by atoms with Gasteiger partial charge in [0.25, 0.3) is 5.82 Å². The summed E-state index contributed by atoms with van der Waals surface area (Å²) in [7, 11) is 0. The van der Waals surface area contributed by atoms with E-state index in [0.717, 1.165) is 22.9 Å². The molecule has 2 heterocycles. The summed E-state index contributed by atoms with van der Waals surface area (Å²) in [5.74, 6) is -0.584. The second kappa shape index (κ2) is 6.22. The number of nitrogens with zero attached hydrogens (tertiary/aromatic N) is 5. The molecule has 0 amide bonds. The summed E-state index contributed by atoms with van der Waals surface area (Å²) in [6, 6.07) is 9.15. The maximum absolute atomic E-state index is 13.1. The number of anilines is 1. The molecule has 1 aliphatic carbocycles. The third kappa shape index (κ3) is 3.47. The fourth-order valence-electron chi connectivity index (χ4n) is 2.79. The van der Waals surface area contributed by atoms with E-state index in [-0.39, 0.29) is 11.5 Å². The van der Waals surface area contributed by atoms with Gasteiger partial charge in [0.15, 0.2) is 5.65 Å². The van der Waals surface area contributed by atoms with E-state index in [1.165, 1.54) is 18.2 Å². The number of hydrogen-bond acceptors (Lipinski definition) is 4. The van der Waals surface area contributed by atoms with Gasteiger partial charge >= 0.3 is 6.18 Å².